The molecule has 0 atom stereocenters. The summed E-state index contributed by atoms with van der Waals surface area (Å²) >= 11 is 0. The van der Waals surface area contributed by atoms with Crippen LogP contribution >= 0.6 is 0 Å². The van der Waals surface area contributed by atoms with Crippen LogP contribution in [-0.2, 0) is 29.6 Å². The molecule has 1 fully saturated rings. The van der Waals surface area contributed by atoms with Crippen LogP contribution in [0.4, 0.5) is 10.3 Å². The van der Waals surface area contributed by atoms with E-state index in [9.17, 15) is 14.0 Å². The minimum absolute atomic E-state index is 0.198. The van der Waals surface area contributed by atoms with Gasteiger partial charge in [-0.25, -0.2) is 23.9 Å². The summed E-state index contributed by atoms with van der Waals surface area (Å²) < 4.78 is 17.7. The number of fused-ring (bicyclic) bond motifs is 1. The van der Waals surface area contributed by atoms with Crippen molar-refractivity contribution in [1.29, 1.82) is 0 Å². The molecule has 4 aromatic rings. The van der Waals surface area contributed by atoms with Gasteiger partial charge in [-0.2, -0.15) is 0 Å². The number of halogens is 1. The molecule has 41 heavy (non-hydrogen) atoms. The fourth-order valence-corrected chi connectivity index (χ4v) is 4.91. The molecule has 216 valence electrons. The van der Waals surface area contributed by atoms with Crippen molar-refractivity contribution in [3.05, 3.63) is 90.3 Å². The zero-order valence-corrected chi connectivity index (χ0v) is 23.0. The van der Waals surface area contributed by atoms with Crippen LogP contribution in [0.15, 0.2) is 73.1 Å². The van der Waals surface area contributed by atoms with Crippen molar-refractivity contribution in [3.63, 3.8) is 0 Å². The molecule has 0 radical (unpaired) electrons. The first kappa shape index (κ1) is 29.5. The summed E-state index contributed by atoms with van der Waals surface area (Å²) in [5.74, 6) is -0.0240. The lowest BCUT2D eigenvalue weighted by molar-refractivity contribution is -0.134. The van der Waals surface area contributed by atoms with Crippen molar-refractivity contribution in [1.82, 2.24) is 24.0 Å². The summed E-state index contributed by atoms with van der Waals surface area (Å²) in [5, 5.41) is 19.0. The van der Waals surface area contributed by atoms with Crippen LogP contribution in [0, 0.1) is 11.7 Å². The first-order valence-electron chi connectivity index (χ1n) is 13.5. The minimum atomic E-state index is -1.26. The maximum atomic E-state index is 13.4. The highest BCUT2D eigenvalue weighted by Crippen LogP contribution is 2.25. The summed E-state index contributed by atoms with van der Waals surface area (Å²) in [7, 11) is 2.00. The lowest BCUT2D eigenvalue weighted by Crippen LogP contribution is -2.37. The average Bonchev–Trinajstić information content (AvgIpc) is 3.52. The molecular formula is C30H35FN6O4. The van der Waals surface area contributed by atoms with E-state index < -0.39 is 11.9 Å². The third-order valence-electron chi connectivity index (χ3n) is 7.07. The Balaban J connectivity index is 0.000000426. The number of nitrogens with zero attached hydrogens (tertiary/aromatic N) is 5. The van der Waals surface area contributed by atoms with Crippen molar-refractivity contribution in [2.45, 2.75) is 25.8 Å². The predicted molar refractivity (Wildman–Crippen MR) is 154 cm³/mol. The van der Waals surface area contributed by atoms with Gasteiger partial charge < -0.3 is 29.6 Å². The fraction of sp³-hybridized carbons (Fsp3) is 0.333. The van der Waals surface area contributed by atoms with Gasteiger partial charge in [-0.3, -0.25) is 0 Å². The molecule has 0 aliphatic carbocycles. The highest BCUT2D eigenvalue weighted by atomic mass is 19.1. The van der Waals surface area contributed by atoms with E-state index in [0.717, 1.165) is 61.0 Å². The van der Waals surface area contributed by atoms with Crippen molar-refractivity contribution in [2.75, 3.05) is 31.5 Å². The maximum absolute atomic E-state index is 13.4. The summed E-state index contributed by atoms with van der Waals surface area (Å²) in [6.45, 7) is 4.88. The quantitative estimate of drug-likeness (QED) is 0.248. The molecule has 0 spiro atoms. The number of aliphatic carboxylic acids is 2. The maximum Gasteiger partial charge on any atom is 0.328 e. The number of para-hydroxylation sites is 2. The number of hydrogen-bond donors (Lipinski definition) is 3. The molecule has 1 aliphatic heterocycles. The molecule has 11 heteroatoms. The number of nitrogens with one attached hydrogen (secondary N) is 1. The van der Waals surface area contributed by atoms with Gasteiger partial charge in [0.05, 0.1) is 11.0 Å². The Morgan fingerprint density at radius 1 is 1.05 bits per heavy atom. The lowest BCUT2D eigenvalue weighted by Gasteiger charge is -2.32. The Morgan fingerprint density at radius 2 is 1.73 bits per heavy atom. The van der Waals surface area contributed by atoms with E-state index in [1.165, 1.54) is 25.0 Å². The molecule has 0 amide bonds. The Labute approximate surface area is 237 Å². The summed E-state index contributed by atoms with van der Waals surface area (Å²) in [6, 6.07) is 15.1. The van der Waals surface area contributed by atoms with E-state index in [-0.39, 0.29) is 5.82 Å². The van der Waals surface area contributed by atoms with Gasteiger partial charge in [0.1, 0.15) is 11.6 Å². The van der Waals surface area contributed by atoms with E-state index in [1.807, 2.05) is 42.2 Å². The number of carbonyl (C=O) groups is 2. The van der Waals surface area contributed by atoms with Gasteiger partial charge in [-0.15, -0.1) is 0 Å². The van der Waals surface area contributed by atoms with Crippen molar-refractivity contribution in [3.8, 4) is 0 Å². The summed E-state index contributed by atoms with van der Waals surface area (Å²) in [4.78, 5) is 30.9. The number of likely N-dealkylation sites (tertiary alicyclic amines) is 1. The Kier molecular flexibility index (Phi) is 10.2. The molecule has 0 saturated carbocycles. The summed E-state index contributed by atoms with van der Waals surface area (Å²) in [5.41, 5.74) is 3.28. The monoisotopic (exact) mass is 562 g/mol. The molecular weight excluding hydrogens is 527 g/mol. The third-order valence-corrected chi connectivity index (χ3v) is 7.07. The van der Waals surface area contributed by atoms with Crippen molar-refractivity contribution < 1.29 is 24.2 Å². The molecule has 2 aromatic heterocycles. The van der Waals surface area contributed by atoms with Crippen LogP contribution in [-0.4, -0.2) is 72.3 Å². The predicted octanol–water partition coefficient (Wildman–Crippen LogP) is 4.04. The highest BCUT2D eigenvalue weighted by Gasteiger charge is 2.22. The summed E-state index contributed by atoms with van der Waals surface area (Å²) in [6.07, 6.45) is 8.23. The number of rotatable bonds is 10. The molecule has 0 unspecified atom stereocenters. The van der Waals surface area contributed by atoms with Crippen molar-refractivity contribution >= 4 is 28.9 Å². The molecule has 10 nitrogen and oxygen atoms in total. The number of aromatic nitrogens is 4. The van der Waals surface area contributed by atoms with E-state index in [4.69, 9.17) is 15.2 Å². The van der Waals surface area contributed by atoms with Gasteiger partial charge in [0.15, 0.2) is 0 Å². The number of piperidine rings is 1. The second-order valence-electron chi connectivity index (χ2n) is 10.0. The van der Waals surface area contributed by atoms with Crippen LogP contribution in [0.1, 0.15) is 24.2 Å². The first-order chi connectivity index (χ1) is 19.8. The van der Waals surface area contributed by atoms with E-state index >= 15 is 0 Å². The van der Waals surface area contributed by atoms with E-state index in [0.29, 0.717) is 24.6 Å². The Hall–Kier alpha value is -4.51. The second kappa shape index (κ2) is 14.2. The zero-order chi connectivity index (χ0) is 29.2. The largest absolute Gasteiger partial charge is 0.478 e. The van der Waals surface area contributed by atoms with Crippen LogP contribution < -0.4 is 5.32 Å². The molecule has 3 N–H and O–H groups in total. The van der Waals surface area contributed by atoms with Gasteiger partial charge >= 0.3 is 11.9 Å². The number of benzene rings is 2. The highest BCUT2D eigenvalue weighted by molar-refractivity contribution is 5.89. The number of carboxylic acids is 2. The average molecular weight is 563 g/mol. The Bertz CT molecular complexity index is 1460. The topological polar surface area (TPSA) is 126 Å². The number of hydrogen-bond acceptors (Lipinski definition) is 6. The van der Waals surface area contributed by atoms with Crippen molar-refractivity contribution in [2.24, 2.45) is 13.0 Å². The van der Waals surface area contributed by atoms with Gasteiger partial charge in [0.25, 0.3) is 0 Å². The van der Waals surface area contributed by atoms with Gasteiger partial charge in [-0.05, 0) is 61.7 Å². The van der Waals surface area contributed by atoms with Gasteiger partial charge in [0, 0.05) is 57.6 Å². The zero-order valence-electron chi connectivity index (χ0n) is 23.0. The number of imidazole rings is 2. The molecule has 5 rings (SSSR count). The second-order valence-corrected chi connectivity index (χ2v) is 10.0. The van der Waals surface area contributed by atoms with Crippen LogP contribution in [0.3, 0.4) is 0 Å². The van der Waals surface area contributed by atoms with E-state index in [2.05, 4.69) is 38.0 Å². The SMILES string of the molecule is Cn1ccnc1NCCN1CCC(Cc2nc3ccccc3n2Cc2ccc(F)cc2)CC1.O=C(O)C=CC(=O)O. The number of anilines is 1. The standard InChI is InChI=1S/C26H31FN6.C4H4O4/c1-31-16-12-28-26(31)29-13-17-32-14-10-20(11-15-32)18-25-30-23-4-2-3-5-24(23)33(25)19-21-6-8-22(27)9-7-21;5-3(6)1-2-4(7)8/h2-9,12,16,20H,10-11,13-15,17-19H2,1H3,(H,28,29);1-2H,(H,5,6)(H,7,8). The minimum Gasteiger partial charge on any atom is -0.478 e. The smallest absolute Gasteiger partial charge is 0.328 e. The van der Waals surface area contributed by atoms with Crippen LogP contribution in [0.25, 0.3) is 11.0 Å². The third kappa shape index (κ3) is 8.74. The molecule has 1 aliphatic rings. The normalized spacial score (nSPS) is 14.2. The number of carboxylic acid groups (broad SMARTS) is 2. The molecule has 2 aromatic carbocycles. The van der Waals surface area contributed by atoms with Gasteiger partial charge in [0.2, 0.25) is 5.95 Å². The molecule has 3 heterocycles. The lowest BCUT2D eigenvalue weighted by atomic mass is 9.93. The molecule has 0 bridgehead atoms. The number of aryl methyl sites for hydroxylation is 1. The first-order valence-corrected chi connectivity index (χ1v) is 13.5. The van der Waals surface area contributed by atoms with Crippen LogP contribution in [0.2, 0.25) is 0 Å². The van der Waals surface area contributed by atoms with Crippen LogP contribution in [0.5, 0.6) is 0 Å². The molecule has 1 saturated heterocycles. The van der Waals surface area contributed by atoms with Gasteiger partial charge in [-0.1, -0.05) is 24.3 Å². The Morgan fingerprint density at radius 3 is 2.37 bits per heavy atom. The fourth-order valence-electron chi connectivity index (χ4n) is 4.91. The van der Waals surface area contributed by atoms with E-state index in [1.54, 1.807) is 0 Å².